The van der Waals surface area contributed by atoms with E-state index in [9.17, 15) is 9.59 Å². The predicted molar refractivity (Wildman–Crippen MR) is 110 cm³/mol. The van der Waals surface area contributed by atoms with Crippen LogP contribution < -0.4 is 9.47 Å². The monoisotopic (exact) mass is 409 g/mol. The molecule has 6 nitrogen and oxygen atoms in total. The van der Waals surface area contributed by atoms with Crippen LogP contribution in [-0.2, 0) is 9.59 Å². The number of thiocarbonyl (C=S) groups is 1. The van der Waals surface area contributed by atoms with E-state index < -0.39 is 17.9 Å². The van der Waals surface area contributed by atoms with E-state index in [4.69, 9.17) is 26.8 Å². The molecule has 0 aliphatic carbocycles. The zero-order chi connectivity index (χ0) is 20.0. The number of carbonyl (C=O) groups excluding carboxylic acids is 1. The maximum absolute atomic E-state index is 12.5. The summed E-state index contributed by atoms with van der Waals surface area (Å²) in [5, 5.41) is 9.14. The van der Waals surface area contributed by atoms with Crippen molar-refractivity contribution in [3.63, 3.8) is 0 Å². The number of carboxylic acid groups (broad SMARTS) is 1. The molecule has 1 N–H and O–H groups in total. The third-order valence-corrected chi connectivity index (χ3v) is 5.39. The summed E-state index contributed by atoms with van der Waals surface area (Å²) in [6, 6.07) is 4.40. The number of hydrogen-bond donors (Lipinski definition) is 1. The van der Waals surface area contributed by atoms with E-state index in [1.807, 2.05) is 6.07 Å². The Hall–Kier alpha value is -2.06. The van der Waals surface area contributed by atoms with Gasteiger partial charge in [-0.05, 0) is 37.1 Å². The molecule has 1 aromatic carbocycles. The lowest BCUT2D eigenvalue weighted by Gasteiger charge is -2.18. The number of hydrogen-bond acceptors (Lipinski definition) is 6. The first-order chi connectivity index (χ1) is 12.9. The number of ether oxygens (including phenoxy) is 2. The van der Waals surface area contributed by atoms with Gasteiger partial charge in [-0.15, -0.1) is 0 Å². The van der Waals surface area contributed by atoms with Gasteiger partial charge in [-0.3, -0.25) is 9.69 Å². The second kappa shape index (κ2) is 9.75. The van der Waals surface area contributed by atoms with Crippen LogP contribution in [0.3, 0.4) is 0 Å². The Labute approximate surface area is 168 Å². The second-order valence-corrected chi connectivity index (χ2v) is 7.71. The van der Waals surface area contributed by atoms with Crippen LogP contribution >= 0.6 is 24.0 Å². The quantitative estimate of drug-likeness (QED) is 0.376. The predicted octanol–water partition coefficient (Wildman–Crippen LogP) is 3.94. The molecule has 0 aromatic heterocycles. The molecule has 1 amide bonds. The van der Waals surface area contributed by atoms with Crippen molar-refractivity contribution in [3.05, 3.63) is 28.7 Å². The lowest BCUT2D eigenvalue weighted by molar-refractivity contribution is -0.144. The van der Waals surface area contributed by atoms with Gasteiger partial charge >= 0.3 is 5.97 Å². The summed E-state index contributed by atoms with van der Waals surface area (Å²) in [6.45, 7) is 4.19. The number of rotatable bonds is 9. The molecule has 1 fully saturated rings. The number of amides is 1. The van der Waals surface area contributed by atoms with E-state index >= 15 is 0 Å². The Morgan fingerprint density at radius 2 is 2.11 bits per heavy atom. The number of aliphatic carboxylic acids is 1. The number of carboxylic acids is 1. The highest BCUT2D eigenvalue weighted by molar-refractivity contribution is 8.26. The van der Waals surface area contributed by atoms with Crippen molar-refractivity contribution < 1.29 is 24.2 Å². The highest BCUT2D eigenvalue weighted by Gasteiger charge is 2.38. The highest BCUT2D eigenvalue weighted by Crippen LogP contribution is 2.35. The van der Waals surface area contributed by atoms with Crippen molar-refractivity contribution in [2.45, 2.75) is 39.2 Å². The van der Waals surface area contributed by atoms with Gasteiger partial charge < -0.3 is 14.6 Å². The van der Waals surface area contributed by atoms with Crippen LogP contribution in [0.2, 0.25) is 0 Å². The minimum Gasteiger partial charge on any atom is -0.493 e. The first kappa shape index (κ1) is 21.2. The van der Waals surface area contributed by atoms with E-state index in [1.165, 1.54) is 6.92 Å². The summed E-state index contributed by atoms with van der Waals surface area (Å²) in [6.07, 6.45) is 4.89. The van der Waals surface area contributed by atoms with Gasteiger partial charge in [-0.2, -0.15) is 0 Å². The molecule has 146 valence electrons. The van der Waals surface area contributed by atoms with Gasteiger partial charge in [-0.25, -0.2) is 4.79 Å². The van der Waals surface area contributed by atoms with Crippen LogP contribution in [-0.4, -0.2) is 46.0 Å². The van der Waals surface area contributed by atoms with E-state index in [2.05, 4.69) is 6.92 Å². The molecule has 1 aromatic rings. The molecule has 0 spiro atoms. The van der Waals surface area contributed by atoms with Gasteiger partial charge in [0.15, 0.2) is 11.5 Å². The fourth-order valence-corrected chi connectivity index (χ4v) is 3.92. The minimum atomic E-state index is -1.10. The van der Waals surface area contributed by atoms with Gasteiger partial charge in [0.1, 0.15) is 10.4 Å². The number of carbonyl (C=O) groups is 2. The zero-order valence-electron chi connectivity index (χ0n) is 15.6. The molecule has 1 aliphatic rings. The Kier molecular flexibility index (Phi) is 7.67. The van der Waals surface area contributed by atoms with Crippen LogP contribution in [0.5, 0.6) is 11.5 Å². The molecule has 1 aliphatic heterocycles. The first-order valence-electron chi connectivity index (χ1n) is 8.69. The zero-order valence-corrected chi connectivity index (χ0v) is 17.2. The van der Waals surface area contributed by atoms with Crippen LogP contribution in [0.1, 0.15) is 38.7 Å². The van der Waals surface area contributed by atoms with Crippen molar-refractivity contribution in [2.24, 2.45) is 0 Å². The van der Waals surface area contributed by atoms with Crippen molar-refractivity contribution in [3.8, 4) is 11.5 Å². The van der Waals surface area contributed by atoms with Crippen molar-refractivity contribution >= 4 is 46.3 Å². The largest absolute Gasteiger partial charge is 0.493 e. The highest BCUT2D eigenvalue weighted by atomic mass is 32.2. The topological polar surface area (TPSA) is 76.1 Å². The molecule has 0 radical (unpaired) electrons. The lowest BCUT2D eigenvalue weighted by atomic mass is 10.1. The standard InChI is InChI=1S/C19H23NO5S2/c1-4-5-6-9-25-14-8-7-13(10-15(14)24-3)11-16-17(21)20(19(26)27-16)12(2)18(22)23/h7-8,10-12H,4-6,9H2,1-3H3,(H,22,23)/b16-11-/t12-/m1/s1. The number of benzene rings is 1. The average molecular weight is 410 g/mol. The molecule has 1 atom stereocenters. The summed E-state index contributed by atoms with van der Waals surface area (Å²) in [4.78, 5) is 25.2. The minimum absolute atomic E-state index is 0.240. The van der Waals surface area contributed by atoms with Crippen LogP contribution in [0, 0.1) is 0 Å². The summed E-state index contributed by atoms with van der Waals surface area (Å²) in [5.74, 6) is -0.273. The van der Waals surface area contributed by atoms with Gasteiger partial charge in [-0.1, -0.05) is 49.8 Å². The number of nitrogens with zero attached hydrogens (tertiary/aromatic N) is 1. The second-order valence-electron chi connectivity index (χ2n) is 6.03. The maximum Gasteiger partial charge on any atom is 0.326 e. The van der Waals surface area contributed by atoms with Crippen LogP contribution in [0.15, 0.2) is 23.1 Å². The fraction of sp³-hybridized carbons (Fsp3) is 0.421. The Balaban J connectivity index is 2.17. The molecule has 0 unspecified atom stereocenters. The third-order valence-electron chi connectivity index (χ3n) is 4.06. The molecule has 0 bridgehead atoms. The molecular weight excluding hydrogens is 386 g/mol. The van der Waals surface area contributed by atoms with Gasteiger partial charge in [0, 0.05) is 0 Å². The smallest absolute Gasteiger partial charge is 0.326 e. The van der Waals surface area contributed by atoms with Crippen molar-refractivity contribution in [2.75, 3.05) is 13.7 Å². The molecule has 1 heterocycles. The molecule has 1 saturated heterocycles. The summed E-state index contributed by atoms with van der Waals surface area (Å²) < 4.78 is 11.4. The average Bonchev–Trinajstić information content (AvgIpc) is 2.92. The Bertz CT molecular complexity index is 762. The normalized spacial score (nSPS) is 16.7. The van der Waals surface area contributed by atoms with E-state index in [-0.39, 0.29) is 4.32 Å². The lowest BCUT2D eigenvalue weighted by Crippen LogP contribution is -2.41. The summed E-state index contributed by atoms with van der Waals surface area (Å²) in [5.41, 5.74) is 0.747. The SMILES string of the molecule is CCCCCOc1ccc(/C=C2\SC(=S)N([C@H](C)C(=O)O)C2=O)cc1OC. The van der Waals surface area contributed by atoms with Crippen LogP contribution in [0.25, 0.3) is 6.08 Å². The van der Waals surface area contributed by atoms with E-state index in [0.717, 1.165) is 41.5 Å². The fourth-order valence-electron chi connectivity index (χ4n) is 2.50. The molecular formula is C19H23NO5S2. The van der Waals surface area contributed by atoms with E-state index in [0.29, 0.717) is 23.0 Å². The van der Waals surface area contributed by atoms with Crippen LogP contribution in [0.4, 0.5) is 0 Å². The van der Waals surface area contributed by atoms with Crippen molar-refractivity contribution in [1.82, 2.24) is 4.90 Å². The molecule has 8 heteroatoms. The molecule has 2 rings (SSSR count). The molecule has 0 saturated carbocycles. The van der Waals surface area contributed by atoms with Gasteiger partial charge in [0.25, 0.3) is 5.91 Å². The Morgan fingerprint density at radius 1 is 1.37 bits per heavy atom. The number of thioether (sulfide) groups is 1. The number of methoxy groups -OCH3 is 1. The summed E-state index contributed by atoms with van der Waals surface area (Å²) >= 11 is 6.26. The third kappa shape index (κ3) is 5.23. The van der Waals surface area contributed by atoms with Gasteiger partial charge in [0.2, 0.25) is 0 Å². The number of unbranched alkanes of at least 4 members (excludes halogenated alkanes) is 2. The van der Waals surface area contributed by atoms with Gasteiger partial charge in [0.05, 0.1) is 18.6 Å². The van der Waals surface area contributed by atoms with E-state index in [1.54, 1.807) is 25.3 Å². The summed E-state index contributed by atoms with van der Waals surface area (Å²) in [7, 11) is 1.56. The molecule has 27 heavy (non-hydrogen) atoms. The van der Waals surface area contributed by atoms with Crippen molar-refractivity contribution in [1.29, 1.82) is 0 Å². The Morgan fingerprint density at radius 3 is 2.74 bits per heavy atom. The first-order valence-corrected chi connectivity index (χ1v) is 9.92. The maximum atomic E-state index is 12.5.